The van der Waals surface area contributed by atoms with E-state index in [1.54, 1.807) is 40.9 Å². The van der Waals surface area contributed by atoms with Gasteiger partial charge in [0.1, 0.15) is 6.04 Å². The molecule has 0 bridgehead atoms. The standard InChI is InChI=1S/C17H19ClN2O4S/c1-10(15(22)19-12-5-3-4-11(18)8-12)24-16(23)13-9-25-17(2)7-6-14(21)20(13)17/h3-5,8,10,13H,6-7,9H2,1-2H3,(H,19,22)/t10-,13-,17-/m0/s1. The van der Waals surface area contributed by atoms with Gasteiger partial charge in [-0.25, -0.2) is 4.79 Å². The monoisotopic (exact) mass is 382 g/mol. The summed E-state index contributed by atoms with van der Waals surface area (Å²) in [5.74, 6) is -0.536. The number of halogens is 1. The SMILES string of the molecule is C[C@H](OC(=O)[C@@H]1CS[C@@]2(C)CCC(=O)N12)C(=O)Nc1cccc(Cl)c1. The first-order chi connectivity index (χ1) is 11.8. The minimum atomic E-state index is -0.971. The number of nitrogens with one attached hydrogen (secondary N) is 1. The maximum Gasteiger partial charge on any atom is 0.330 e. The molecule has 3 atom stereocenters. The summed E-state index contributed by atoms with van der Waals surface area (Å²) < 4.78 is 5.31. The van der Waals surface area contributed by atoms with E-state index in [0.717, 1.165) is 6.42 Å². The predicted molar refractivity (Wildman–Crippen MR) is 96.4 cm³/mol. The molecule has 1 aromatic rings. The van der Waals surface area contributed by atoms with Crippen molar-refractivity contribution in [2.24, 2.45) is 0 Å². The van der Waals surface area contributed by atoms with E-state index >= 15 is 0 Å². The van der Waals surface area contributed by atoms with Gasteiger partial charge in [-0.2, -0.15) is 0 Å². The van der Waals surface area contributed by atoms with Crippen LogP contribution in [0.3, 0.4) is 0 Å². The number of ether oxygens (including phenoxy) is 1. The van der Waals surface area contributed by atoms with E-state index in [2.05, 4.69) is 5.32 Å². The van der Waals surface area contributed by atoms with Crippen LogP contribution in [-0.2, 0) is 19.1 Å². The number of thioether (sulfide) groups is 1. The Hall–Kier alpha value is -1.73. The fourth-order valence-electron chi connectivity index (χ4n) is 3.11. The van der Waals surface area contributed by atoms with Crippen LogP contribution in [0.4, 0.5) is 5.69 Å². The fourth-order valence-corrected chi connectivity index (χ4v) is 4.72. The molecule has 0 aliphatic carbocycles. The molecule has 3 rings (SSSR count). The zero-order valence-corrected chi connectivity index (χ0v) is 15.5. The molecule has 0 unspecified atom stereocenters. The van der Waals surface area contributed by atoms with E-state index in [1.807, 2.05) is 6.92 Å². The van der Waals surface area contributed by atoms with Crippen molar-refractivity contribution in [2.45, 2.75) is 43.7 Å². The molecule has 1 aromatic carbocycles. The summed E-state index contributed by atoms with van der Waals surface area (Å²) in [6.07, 6.45) is 0.199. The average Bonchev–Trinajstić information content (AvgIpc) is 3.04. The number of fused-ring (bicyclic) bond motifs is 1. The molecule has 1 N–H and O–H groups in total. The molecule has 2 heterocycles. The van der Waals surface area contributed by atoms with Gasteiger partial charge in [0, 0.05) is 22.9 Å². The number of carbonyl (C=O) groups is 3. The third-order valence-corrected chi connectivity index (χ3v) is 6.21. The Kier molecular flexibility index (Phi) is 4.97. The number of benzene rings is 1. The highest BCUT2D eigenvalue weighted by molar-refractivity contribution is 8.01. The lowest BCUT2D eigenvalue weighted by Gasteiger charge is -2.29. The minimum Gasteiger partial charge on any atom is -0.451 e. The summed E-state index contributed by atoms with van der Waals surface area (Å²) in [7, 11) is 0. The molecule has 134 valence electrons. The zero-order chi connectivity index (χ0) is 18.2. The van der Waals surface area contributed by atoms with Gasteiger partial charge in [-0.1, -0.05) is 17.7 Å². The first kappa shape index (κ1) is 18.1. The van der Waals surface area contributed by atoms with E-state index in [-0.39, 0.29) is 10.8 Å². The lowest BCUT2D eigenvalue weighted by Crippen LogP contribution is -2.48. The molecule has 8 heteroatoms. The number of amides is 2. The summed E-state index contributed by atoms with van der Waals surface area (Å²) in [5, 5.41) is 3.15. The summed E-state index contributed by atoms with van der Waals surface area (Å²) in [5.41, 5.74) is 0.527. The van der Waals surface area contributed by atoms with E-state index in [4.69, 9.17) is 16.3 Å². The molecule has 2 saturated heterocycles. The van der Waals surface area contributed by atoms with Gasteiger partial charge in [0.2, 0.25) is 5.91 Å². The largest absolute Gasteiger partial charge is 0.451 e. The molecule has 25 heavy (non-hydrogen) atoms. The van der Waals surface area contributed by atoms with Gasteiger partial charge in [0.05, 0.1) is 4.87 Å². The zero-order valence-electron chi connectivity index (χ0n) is 14.0. The lowest BCUT2D eigenvalue weighted by molar-refractivity contribution is -0.160. The van der Waals surface area contributed by atoms with Crippen molar-refractivity contribution in [1.82, 2.24) is 4.90 Å². The number of esters is 1. The number of anilines is 1. The van der Waals surface area contributed by atoms with Crippen LogP contribution in [-0.4, -0.2) is 45.5 Å². The Labute approximate surface area is 155 Å². The lowest BCUT2D eigenvalue weighted by atomic mass is 10.2. The topological polar surface area (TPSA) is 75.7 Å². The first-order valence-corrected chi connectivity index (χ1v) is 9.39. The van der Waals surface area contributed by atoms with Crippen LogP contribution in [0.15, 0.2) is 24.3 Å². The van der Waals surface area contributed by atoms with Crippen LogP contribution >= 0.6 is 23.4 Å². The van der Waals surface area contributed by atoms with Crippen molar-refractivity contribution in [3.05, 3.63) is 29.3 Å². The fraction of sp³-hybridized carbons (Fsp3) is 0.471. The molecule has 6 nitrogen and oxygen atoms in total. The van der Waals surface area contributed by atoms with Gasteiger partial charge < -0.3 is 15.0 Å². The summed E-state index contributed by atoms with van der Waals surface area (Å²) in [6.45, 7) is 3.47. The van der Waals surface area contributed by atoms with Crippen LogP contribution in [0, 0.1) is 0 Å². The second-order valence-electron chi connectivity index (χ2n) is 6.34. The van der Waals surface area contributed by atoms with Crippen LogP contribution < -0.4 is 5.32 Å². The second-order valence-corrected chi connectivity index (χ2v) is 8.28. The molecule has 0 spiro atoms. The molecule has 2 aliphatic rings. The Morgan fingerprint density at radius 1 is 1.48 bits per heavy atom. The predicted octanol–water partition coefficient (Wildman–Crippen LogP) is 2.66. The van der Waals surface area contributed by atoms with Gasteiger partial charge in [0.25, 0.3) is 5.91 Å². The number of hydrogen-bond donors (Lipinski definition) is 1. The van der Waals surface area contributed by atoms with E-state index in [9.17, 15) is 14.4 Å². The third kappa shape index (κ3) is 3.62. The smallest absolute Gasteiger partial charge is 0.330 e. The van der Waals surface area contributed by atoms with Gasteiger partial charge in [-0.15, -0.1) is 11.8 Å². The maximum atomic E-state index is 12.5. The molecule has 2 fully saturated rings. The average molecular weight is 383 g/mol. The van der Waals surface area contributed by atoms with Crippen LogP contribution in [0.1, 0.15) is 26.7 Å². The van der Waals surface area contributed by atoms with E-state index in [1.165, 1.54) is 6.92 Å². The highest BCUT2D eigenvalue weighted by Crippen LogP contribution is 2.47. The molecular formula is C17H19ClN2O4S. The van der Waals surface area contributed by atoms with Crippen molar-refractivity contribution in [2.75, 3.05) is 11.1 Å². The Balaban J connectivity index is 1.61. The maximum absolute atomic E-state index is 12.5. The normalized spacial score (nSPS) is 26.3. The molecular weight excluding hydrogens is 364 g/mol. The highest BCUT2D eigenvalue weighted by Gasteiger charge is 2.53. The molecule has 2 amide bonds. The van der Waals surface area contributed by atoms with Gasteiger partial charge >= 0.3 is 5.97 Å². The summed E-state index contributed by atoms with van der Waals surface area (Å²) in [6, 6.07) is 6.08. The Morgan fingerprint density at radius 3 is 2.96 bits per heavy atom. The number of carbonyl (C=O) groups excluding carboxylic acids is 3. The van der Waals surface area contributed by atoms with Crippen molar-refractivity contribution < 1.29 is 19.1 Å². The van der Waals surface area contributed by atoms with E-state index < -0.39 is 24.0 Å². The van der Waals surface area contributed by atoms with Gasteiger partial charge in [-0.05, 0) is 38.5 Å². The van der Waals surface area contributed by atoms with Gasteiger partial charge in [-0.3, -0.25) is 9.59 Å². The minimum absolute atomic E-state index is 0.0366. The molecule has 2 aliphatic heterocycles. The Morgan fingerprint density at radius 2 is 2.24 bits per heavy atom. The van der Waals surface area contributed by atoms with E-state index in [0.29, 0.717) is 22.9 Å². The molecule has 0 aromatic heterocycles. The number of hydrogen-bond acceptors (Lipinski definition) is 5. The number of rotatable bonds is 4. The first-order valence-electron chi connectivity index (χ1n) is 8.03. The quantitative estimate of drug-likeness (QED) is 0.810. The van der Waals surface area contributed by atoms with Crippen LogP contribution in [0.5, 0.6) is 0 Å². The number of nitrogens with zero attached hydrogens (tertiary/aromatic N) is 1. The summed E-state index contributed by atoms with van der Waals surface area (Å²) >= 11 is 7.46. The third-order valence-electron chi connectivity index (χ3n) is 4.47. The van der Waals surface area contributed by atoms with Crippen LogP contribution in [0.25, 0.3) is 0 Å². The summed E-state index contributed by atoms with van der Waals surface area (Å²) in [4.78, 5) is 38.0. The molecule has 0 saturated carbocycles. The van der Waals surface area contributed by atoms with Gasteiger partial charge in [0.15, 0.2) is 6.10 Å². The van der Waals surface area contributed by atoms with Crippen molar-refractivity contribution >= 4 is 46.8 Å². The highest BCUT2D eigenvalue weighted by atomic mass is 35.5. The Bertz CT molecular complexity index is 728. The second kappa shape index (κ2) is 6.88. The van der Waals surface area contributed by atoms with Crippen molar-refractivity contribution in [1.29, 1.82) is 0 Å². The van der Waals surface area contributed by atoms with Crippen molar-refractivity contribution in [3.8, 4) is 0 Å². The van der Waals surface area contributed by atoms with Crippen molar-refractivity contribution in [3.63, 3.8) is 0 Å². The van der Waals surface area contributed by atoms with Crippen LogP contribution in [0.2, 0.25) is 5.02 Å². The molecule has 0 radical (unpaired) electrons.